The van der Waals surface area contributed by atoms with Gasteiger partial charge in [-0.2, -0.15) is 0 Å². The Hall–Kier alpha value is -1.55. The molecule has 2 aromatic rings. The van der Waals surface area contributed by atoms with Gasteiger partial charge in [-0.1, -0.05) is 6.07 Å². The first-order chi connectivity index (χ1) is 6.18. The fourth-order valence-corrected chi connectivity index (χ4v) is 1.26. The number of carbonyl (C=O) groups excluding carboxylic acids is 1. The lowest BCUT2D eigenvalue weighted by atomic mass is 10.2. The molecule has 14 heavy (non-hydrogen) atoms. The first-order valence-electron chi connectivity index (χ1n) is 3.84. The molecule has 0 fully saturated rings. The number of amides is 1. The third-order valence-corrected chi connectivity index (χ3v) is 1.79. The molecule has 0 bridgehead atoms. The molecule has 0 saturated heterocycles. The van der Waals surface area contributed by atoms with E-state index in [2.05, 4.69) is 4.98 Å². The standard InChI is InChI=1S/C9H8N2O2.ClH/c1-5-11-8-6(9(10)12)3-2-4-7(8)13-5;/h2-4H,1H3,(H2,10,12);1H. The monoisotopic (exact) mass is 212 g/mol. The normalized spacial score (nSPS) is 9.79. The Bertz CT molecular complexity index is 479. The molecule has 1 aromatic carbocycles. The van der Waals surface area contributed by atoms with Crippen LogP contribution >= 0.6 is 12.4 Å². The number of hydrogen-bond donors (Lipinski definition) is 1. The second kappa shape index (κ2) is 3.67. The zero-order valence-electron chi connectivity index (χ0n) is 7.48. The highest BCUT2D eigenvalue weighted by atomic mass is 35.5. The fraction of sp³-hybridized carbons (Fsp3) is 0.111. The molecular formula is C9H9ClN2O2. The van der Waals surface area contributed by atoms with Crippen LogP contribution in [0.5, 0.6) is 0 Å². The summed E-state index contributed by atoms with van der Waals surface area (Å²) in [5.41, 5.74) is 6.69. The van der Waals surface area contributed by atoms with Gasteiger partial charge in [-0.3, -0.25) is 4.79 Å². The number of rotatable bonds is 1. The van der Waals surface area contributed by atoms with Crippen molar-refractivity contribution >= 4 is 29.4 Å². The van der Waals surface area contributed by atoms with Crippen molar-refractivity contribution in [1.82, 2.24) is 4.98 Å². The molecular weight excluding hydrogens is 204 g/mol. The Morgan fingerprint density at radius 1 is 1.50 bits per heavy atom. The second-order valence-corrected chi connectivity index (χ2v) is 2.75. The molecule has 1 heterocycles. The number of carbonyl (C=O) groups is 1. The van der Waals surface area contributed by atoms with Crippen LogP contribution in [0.4, 0.5) is 0 Å². The van der Waals surface area contributed by atoms with E-state index in [9.17, 15) is 4.79 Å². The highest BCUT2D eigenvalue weighted by Crippen LogP contribution is 2.18. The SMILES string of the molecule is Cc1nc2c(C(N)=O)cccc2o1.Cl. The van der Waals surface area contributed by atoms with E-state index in [1.165, 1.54) is 0 Å². The third-order valence-electron chi connectivity index (χ3n) is 1.79. The maximum Gasteiger partial charge on any atom is 0.251 e. The molecule has 0 aliphatic rings. The Balaban J connectivity index is 0.000000980. The van der Waals surface area contributed by atoms with Gasteiger partial charge in [0.05, 0.1) is 5.56 Å². The molecule has 0 spiro atoms. The van der Waals surface area contributed by atoms with Crippen molar-refractivity contribution in [1.29, 1.82) is 0 Å². The van der Waals surface area contributed by atoms with E-state index in [1.54, 1.807) is 25.1 Å². The number of nitrogens with two attached hydrogens (primary N) is 1. The highest BCUT2D eigenvalue weighted by molar-refractivity contribution is 6.03. The van der Waals surface area contributed by atoms with Crippen LogP contribution in [0.25, 0.3) is 11.1 Å². The molecule has 2 N–H and O–H groups in total. The quantitative estimate of drug-likeness (QED) is 0.782. The summed E-state index contributed by atoms with van der Waals surface area (Å²) in [6.45, 7) is 1.73. The number of nitrogens with zero attached hydrogens (tertiary/aromatic N) is 1. The van der Waals surface area contributed by atoms with Crippen LogP contribution in [0.3, 0.4) is 0 Å². The van der Waals surface area contributed by atoms with Gasteiger partial charge < -0.3 is 10.2 Å². The van der Waals surface area contributed by atoms with E-state index >= 15 is 0 Å². The van der Waals surface area contributed by atoms with E-state index < -0.39 is 5.91 Å². The lowest BCUT2D eigenvalue weighted by Crippen LogP contribution is -2.11. The van der Waals surface area contributed by atoms with Crippen molar-refractivity contribution in [3.05, 3.63) is 29.7 Å². The lowest BCUT2D eigenvalue weighted by molar-refractivity contribution is 0.100. The number of aryl methyl sites for hydroxylation is 1. The zero-order valence-corrected chi connectivity index (χ0v) is 8.30. The van der Waals surface area contributed by atoms with Gasteiger partial charge in [-0.25, -0.2) is 4.98 Å². The van der Waals surface area contributed by atoms with Gasteiger partial charge in [-0.15, -0.1) is 12.4 Å². The molecule has 0 saturated carbocycles. The number of para-hydroxylation sites is 1. The van der Waals surface area contributed by atoms with Crippen LogP contribution in [-0.4, -0.2) is 10.9 Å². The molecule has 74 valence electrons. The smallest absolute Gasteiger partial charge is 0.251 e. The van der Waals surface area contributed by atoms with Gasteiger partial charge in [0.15, 0.2) is 11.5 Å². The van der Waals surface area contributed by atoms with Gasteiger partial charge in [0, 0.05) is 6.92 Å². The number of aromatic nitrogens is 1. The Kier molecular flexibility index (Phi) is 2.76. The summed E-state index contributed by atoms with van der Waals surface area (Å²) in [5, 5.41) is 0. The maximum atomic E-state index is 11.0. The predicted molar refractivity (Wildman–Crippen MR) is 54.5 cm³/mol. The number of hydrogen-bond acceptors (Lipinski definition) is 3. The number of fused-ring (bicyclic) bond motifs is 1. The summed E-state index contributed by atoms with van der Waals surface area (Å²) in [6.07, 6.45) is 0. The van der Waals surface area contributed by atoms with Crippen LogP contribution in [0.1, 0.15) is 16.2 Å². The zero-order chi connectivity index (χ0) is 9.42. The molecule has 2 rings (SSSR count). The second-order valence-electron chi connectivity index (χ2n) is 2.75. The summed E-state index contributed by atoms with van der Waals surface area (Å²) in [6, 6.07) is 5.10. The predicted octanol–water partition coefficient (Wildman–Crippen LogP) is 1.66. The maximum absolute atomic E-state index is 11.0. The number of halogens is 1. The van der Waals surface area contributed by atoms with Gasteiger partial charge in [0.1, 0.15) is 5.52 Å². The summed E-state index contributed by atoms with van der Waals surface area (Å²) in [5.74, 6) is 0.0441. The minimum absolute atomic E-state index is 0. The summed E-state index contributed by atoms with van der Waals surface area (Å²) < 4.78 is 5.24. The minimum atomic E-state index is -0.487. The third kappa shape index (κ3) is 1.56. The van der Waals surface area contributed by atoms with E-state index in [-0.39, 0.29) is 12.4 Å². The first kappa shape index (κ1) is 10.5. The van der Waals surface area contributed by atoms with Gasteiger partial charge in [-0.05, 0) is 12.1 Å². The Labute approximate surface area is 86.5 Å². The van der Waals surface area contributed by atoms with Crippen LogP contribution in [0.15, 0.2) is 22.6 Å². The van der Waals surface area contributed by atoms with Crippen molar-refractivity contribution in [2.45, 2.75) is 6.92 Å². The summed E-state index contributed by atoms with van der Waals surface area (Å²) >= 11 is 0. The Morgan fingerprint density at radius 3 is 2.86 bits per heavy atom. The van der Waals surface area contributed by atoms with E-state index in [0.29, 0.717) is 22.6 Å². The summed E-state index contributed by atoms with van der Waals surface area (Å²) in [7, 11) is 0. The molecule has 4 nitrogen and oxygen atoms in total. The Morgan fingerprint density at radius 2 is 2.21 bits per heavy atom. The number of primary amides is 1. The first-order valence-corrected chi connectivity index (χ1v) is 3.84. The van der Waals surface area contributed by atoms with Crippen LogP contribution < -0.4 is 5.73 Å². The molecule has 0 radical (unpaired) electrons. The van der Waals surface area contributed by atoms with E-state index in [1.807, 2.05) is 0 Å². The van der Waals surface area contributed by atoms with Crippen molar-refractivity contribution in [3.8, 4) is 0 Å². The molecule has 1 amide bonds. The van der Waals surface area contributed by atoms with Crippen LogP contribution in [0.2, 0.25) is 0 Å². The van der Waals surface area contributed by atoms with Crippen LogP contribution in [-0.2, 0) is 0 Å². The molecule has 0 aliphatic heterocycles. The molecule has 0 atom stereocenters. The molecule has 0 aliphatic carbocycles. The molecule has 1 aromatic heterocycles. The molecule has 5 heteroatoms. The van der Waals surface area contributed by atoms with Crippen molar-refractivity contribution in [3.63, 3.8) is 0 Å². The van der Waals surface area contributed by atoms with Crippen molar-refractivity contribution in [2.24, 2.45) is 5.73 Å². The highest BCUT2D eigenvalue weighted by Gasteiger charge is 2.10. The average Bonchev–Trinajstić information content (AvgIpc) is 2.43. The van der Waals surface area contributed by atoms with E-state index in [4.69, 9.17) is 10.2 Å². The summed E-state index contributed by atoms with van der Waals surface area (Å²) in [4.78, 5) is 15.0. The van der Waals surface area contributed by atoms with Gasteiger partial charge in [0.2, 0.25) is 0 Å². The number of oxazole rings is 1. The van der Waals surface area contributed by atoms with Crippen LogP contribution in [0, 0.1) is 6.92 Å². The lowest BCUT2D eigenvalue weighted by Gasteiger charge is -1.93. The average molecular weight is 213 g/mol. The van der Waals surface area contributed by atoms with Crippen molar-refractivity contribution < 1.29 is 9.21 Å². The topological polar surface area (TPSA) is 69.1 Å². The van der Waals surface area contributed by atoms with Gasteiger partial charge >= 0.3 is 0 Å². The van der Waals surface area contributed by atoms with E-state index in [0.717, 1.165) is 0 Å². The fourth-order valence-electron chi connectivity index (χ4n) is 1.26. The minimum Gasteiger partial charge on any atom is -0.441 e. The molecule has 0 unspecified atom stereocenters. The van der Waals surface area contributed by atoms with Gasteiger partial charge in [0.25, 0.3) is 5.91 Å². The number of benzene rings is 1. The van der Waals surface area contributed by atoms with Crippen molar-refractivity contribution in [2.75, 3.05) is 0 Å². The largest absolute Gasteiger partial charge is 0.441 e.